The zero-order valence-corrected chi connectivity index (χ0v) is 15.2. The van der Waals surface area contributed by atoms with E-state index in [-0.39, 0.29) is 11.0 Å². The Labute approximate surface area is 174 Å². The summed E-state index contributed by atoms with van der Waals surface area (Å²) in [6.07, 6.45) is 5.17. The van der Waals surface area contributed by atoms with Crippen LogP contribution in [0.1, 0.15) is 5.56 Å². The van der Waals surface area contributed by atoms with Gasteiger partial charge < -0.3 is 20.4 Å². The van der Waals surface area contributed by atoms with Crippen molar-refractivity contribution in [1.29, 1.82) is 0 Å². The summed E-state index contributed by atoms with van der Waals surface area (Å²) in [5.41, 5.74) is 1.17. The number of rotatable bonds is 5. The fourth-order valence-electron chi connectivity index (χ4n) is 0.589. The van der Waals surface area contributed by atoms with Crippen LogP contribution in [-0.2, 0) is 19.2 Å². The molecule has 0 bridgehead atoms. The second-order valence-electron chi connectivity index (χ2n) is 3.78. The number of carboxylic acids is 4. The van der Waals surface area contributed by atoms with Crippen molar-refractivity contribution in [2.75, 3.05) is 0 Å². The monoisotopic (exact) mass is 424 g/mol. The van der Waals surface area contributed by atoms with E-state index in [0.717, 1.165) is 24.3 Å². The van der Waals surface area contributed by atoms with E-state index >= 15 is 0 Å². The van der Waals surface area contributed by atoms with Crippen LogP contribution in [0.5, 0.6) is 0 Å². The molecule has 0 heterocycles. The molecule has 1 rings (SSSR count). The number of benzene rings is 1. The quantitative estimate of drug-likeness (QED) is 0.413. The first-order chi connectivity index (χ1) is 13.0. The molecule has 0 aromatic heterocycles. The lowest BCUT2D eigenvalue weighted by atomic mass is 10.2. The summed E-state index contributed by atoms with van der Waals surface area (Å²) in [6, 6.07) is 10.0. The van der Waals surface area contributed by atoms with Crippen LogP contribution in [0.2, 0.25) is 0 Å². The lowest BCUT2D eigenvalue weighted by Gasteiger charge is -1.85. The number of hydrogen-bond donors (Lipinski definition) is 4. The second kappa shape index (κ2) is 28.8. The van der Waals surface area contributed by atoms with Crippen LogP contribution >= 0.6 is 0 Å². The third kappa shape index (κ3) is 59.3. The van der Waals surface area contributed by atoms with Crippen molar-refractivity contribution in [2.24, 2.45) is 0 Å². The maximum absolute atomic E-state index is 9.25. The number of carboxylic acid groups (broad SMARTS) is 4. The molecular weight excluding hydrogens is 396 g/mol. The van der Waals surface area contributed by atoms with Crippen molar-refractivity contribution in [3.05, 3.63) is 93.1 Å². The van der Waals surface area contributed by atoms with E-state index < -0.39 is 23.9 Å². The van der Waals surface area contributed by atoms with Crippen molar-refractivity contribution < 1.29 is 39.6 Å². The number of hydrogen-bond acceptors (Lipinski definition) is 4. The van der Waals surface area contributed by atoms with Gasteiger partial charge >= 0.3 is 23.9 Å². The van der Waals surface area contributed by atoms with Crippen molar-refractivity contribution in [2.45, 2.75) is 0 Å². The van der Waals surface area contributed by atoms with Crippen LogP contribution < -0.4 is 0 Å². The van der Waals surface area contributed by atoms with Crippen LogP contribution in [0.25, 0.3) is 6.08 Å². The predicted octanol–water partition coefficient (Wildman–Crippen LogP) is 1.91. The first-order valence-electron chi connectivity index (χ1n) is 7.11. The Morgan fingerprint density at radius 1 is 0.586 bits per heavy atom. The summed E-state index contributed by atoms with van der Waals surface area (Å²) >= 11 is 0. The molecule has 0 atom stereocenters. The Morgan fingerprint density at radius 3 is 0.897 bits per heavy atom. The van der Waals surface area contributed by atoms with Gasteiger partial charge in [0.1, 0.15) is 0 Å². The molecular formula is C20H28O8Si. The smallest absolute Gasteiger partial charge is 0.327 e. The second-order valence-corrected chi connectivity index (χ2v) is 3.78. The maximum Gasteiger partial charge on any atom is 0.327 e. The van der Waals surface area contributed by atoms with E-state index in [1.165, 1.54) is 5.56 Å². The summed E-state index contributed by atoms with van der Waals surface area (Å²) < 4.78 is 0. The van der Waals surface area contributed by atoms with Crippen LogP contribution in [0.4, 0.5) is 0 Å². The van der Waals surface area contributed by atoms with Gasteiger partial charge in [-0.15, -0.1) is 0 Å². The van der Waals surface area contributed by atoms with E-state index in [1.807, 2.05) is 36.4 Å². The average Bonchev–Trinajstić information content (AvgIpc) is 2.70. The van der Waals surface area contributed by atoms with Gasteiger partial charge in [0.25, 0.3) is 0 Å². The number of aliphatic carboxylic acids is 4. The van der Waals surface area contributed by atoms with Gasteiger partial charge in [-0.1, -0.05) is 69.3 Å². The lowest BCUT2D eigenvalue weighted by molar-refractivity contribution is -0.132. The molecule has 0 unspecified atom stereocenters. The van der Waals surface area contributed by atoms with E-state index in [4.69, 9.17) is 20.4 Å². The zero-order valence-electron chi connectivity index (χ0n) is 15.2. The zero-order chi connectivity index (χ0) is 23.0. The standard InChI is InChI=1S/C8H8.4C3H4O2.H4Si/c1-2-8-6-4-3-5-7-8;4*1-2-3(4)5;/h2-7H,1H2;4*2H,1H2,(H,4,5);1H4. The average molecular weight is 425 g/mol. The van der Waals surface area contributed by atoms with Crippen molar-refractivity contribution in [1.82, 2.24) is 0 Å². The fourth-order valence-corrected chi connectivity index (χ4v) is 0.589. The van der Waals surface area contributed by atoms with Gasteiger partial charge in [-0.2, -0.15) is 0 Å². The third-order valence-electron chi connectivity index (χ3n) is 1.73. The molecule has 0 fully saturated rings. The summed E-state index contributed by atoms with van der Waals surface area (Å²) in [7, 11) is 0. The fraction of sp³-hybridized carbons (Fsp3) is 0. The van der Waals surface area contributed by atoms with Crippen molar-refractivity contribution >= 4 is 40.9 Å². The van der Waals surface area contributed by atoms with Crippen LogP contribution in [-0.4, -0.2) is 55.3 Å². The maximum atomic E-state index is 9.25. The highest BCUT2D eigenvalue weighted by atomic mass is 28.1. The molecule has 0 radical (unpaired) electrons. The number of carbonyl (C=O) groups is 4. The largest absolute Gasteiger partial charge is 0.478 e. The SMILES string of the molecule is C=CC(=O)O.C=CC(=O)O.C=CC(=O)O.C=CC(=O)O.C=Cc1ccccc1.[SiH4]. The Bertz CT molecular complexity index is 580. The Hall–Kier alpha value is -3.98. The molecule has 0 aliphatic rings. The van der Waals surface area contributed by atoms with Crippen molar-refractivity contribution in [3.63, 3.8) is 0 Å². The Kier molecular flexibility index (Phi) is 35.8. The molecule has 160 valence electrons. The Balaban J connectivity index is -0.0000000838. The summed E-state index contributed by atoms with van der Waals surface area (Å²) in [4.78, 5) is 37.0. The topological polar surface area (TPSA) is 149 Å². The minimum atomic E-state index is -0.981. The molecule has 1 aromatic rings. The van der Waals surface area contributed by atoms with E-state index in [2.05, 4.69) is 32.9 Å². The molecule has 29 heavy (non-hydrogen) atoms. The summed E-state index contributed by atoms with van der Waals surface area (Å²) in [6.45, 7) is 15.5. The normalized spacial score (nSPS) is 6.76. The molecule has 8 nitrogen and oxygen atoms in total. The van der Waals surface area contributed by atoms with Crippen LogP contribution in [0, 0.1) is 0 Å². The van der Waals surface area contributed by atoms with E-state index in [1.54, 1.807) is 0 Å². The highest BCUT2D eigenvalue weighted by Crippen LogP contribution is 1.97. The van der Waals surface area contributed by atoms with Crippen molar-refractivity contribution in [3.8, 4) is 0 Å². The van der Waals surface area contributed by atoms with Gasteiger partial charge in [-0.25, -0.2) is 19.2 Å². The first kappa shape index (κ1) is 36.0. The molecule has 0 saturated heterocycles. The molecule has 1 aromatic carbocycles. The Morgan fingerprint density at radius 2 is 0.793 bits per heavy atom. The lowest BCUT2D eigenvalue weighted by Crippen LogP contribution is -1.82. The highest BCUT2D eigenvalue weighted by Gasteiger charge is 1.76. The summed E-state index contributed by atoms with van der Waals surface area (Å²) in [5, 5.41) is 30.4. The molecule has 0 spiro atoms. The van der Waals surface area contributed by atoms with Gasteiger partial charge in [0.2, 0.25) is 0 Å². The van der Waals surface area contributed by atoms with Crippen LogP contribution in [0.3, 0.4) is 0 Å². The van der Waals surface area contributed by atoms with E-state index in [0.29, 0.717) is 0 Å². The molecule has 0 aliphatic heterocycles. The first-order valence-corrected chi connectivity index (χ1v) is 7.11. The summed E-state index contributed by atoms with van der Waals surface area (Å²) in [5.74, 6) is -3.93. The third-order valence-corrected chi connectivity index (χ3v) is 1.73. The molecule has 4 N–H and O–H groups in total. The van der Waals surface area contributed by atoms with Gasteiger partial charge in [0.15, 0.2) is 0 Å². The molecule has 9 heteroatoms. The minimum Gasteiger partial charge on any atom is -0.478 e. The van der Waals surface area contributed by atoms with Gasteiger partial charge in [0.05, 0.1) is 0 Å². The molecule has 0 aliphatic carbocycles. The van der Waals surface area contributed by atoms with Gasteiger partial charge in [-0.3, -0.25) is 0 Å². The molecule has 0 amide bonds. The van der Waals surface area contributed by atoms with Crippen LogP contribution in [0.15, 0.2) is 87.5 Å². The van der Waals surface area contributed by atoms with Gasteiger partial charge in [-0.05, 0) is 16.5 Å². The molecule has 0 saturated carbocycles. The van der Waals surface area contributed by atoms with Gasteiger partial charge in [0, 0.05) is 24.3 Å². The highest BCUT2D eigenvalue weighted by molar-refractivity contribution is 5.79. The van der Waals surface area contributed by atoms with E-state index in [9.17, 15) is 19.2 Å². The predicted molar refractivity (Wildman–Crippen MR) is 119 cm³/mol. The minimum absolute atomic E-state index is 0.